The standard InChI is InChI=1S/C14H22N2O3/c1-10(2)19-13-6-4-12(5-7-13)16(3)9-11(15)8-14(17)18/h4-7,10-11H,8-9,15H2,1-3H3,(H,17,18). The first kappa shape index (κ1) is 15.3. The highest BCUT2D eigenvalue weighted by molar-refractivity contribution is 5.67. The predicted octanol–water partition coefficient (Wildman–Crippen LogP) is 1.71. The lowest BCUT2D eigenvalue weighted by molar-refractivity contribution is -0.137. The molecule has 0 fully saturated rings. The highest BCUT2D eigenvalue weighted by Gasteiger charge is 2.11. The first-order valence-electron chi connectivity index (χ1n) is 6.33. The second kappa shape index (κ2) is 6.99. The highest BCUT2D eigenvalue weighted by atomic mass is 16.5. The van der Waals surface area contributed by atoms with Gasteiger partial charge in [-0.3, -0.25) is 4.79 Å². The first-order valence-corrected chi connectivity index (χ1v) is 6.33. The molecular formula is C14H22N2O3. The molecule has 3 N–H and O–H groups in total. The van der Waals surface area contributed by atoms with Gasteiger partial charge in [0.2, 0.25) is 0 Å². The van der Waals surface area contributed by atoms with Crippen LogP contribution in [0.1, 0.15) is 20.3 Å². The number of nitrogens with zero attached hydrogens (tertiary/aromatic N) is 1. The van der Waals surface area contributed by atoms with Crippen LogP contribution in [0.25, 0.3) is 0 Å². The van der Waals surface area contributed by atoms with E-state index >= 15 is 0 Å². The monoisotopic (exact) mass is 266 g/mol. The quantitative estimate of drug-likeness (QED) is 0.785. The van der Waals surface area contributed by atoms with Crippen molar-refractivity contribution in [3.8, 4) is 5.75 Å². The number of anilines is 1. The summed E-state index contributed by atoms with van der Waals surface area (Å²) >= 11 is 0. The number of hydrogen-bond donors (Lipinski definition) is 2. The lowest BCUT2D eigenvalue weighted by atomic mass is 10.2. The predicted molar refractivity (Wildman–Crippen MR) is 75.7 cm³/mol. The smallest absolute Gasteiger partial charge is 0.304 e. The van der Waals surface area contributed by atoms with Gasteiger partial charge in [0, 0.05) is 25.3 Å². The molecule has 19 heavy (non-hydrogen) atoms. The number of carbonyl (C=O) groups is 1. The minimum atomic E-state index is -0.874. The fourth-order valence-electron chi connectivity index (χ4n) is 1.80. The van der Waals surface area contributed by atoms with Gasteiger partial charge < -0.3 is 20.5 Å². The molecule has 0 heterocycles. The second-order valence-electron chi connectivity index (χ2n) is 4.90. The fraction of sp³-hybridized carbons (Fsp3) is 0.500. The molecule has 5 heteroatoms. The molecular weight excluding hydrogens is 244 g/mol. The van der Waals surface area contributed by atoms with Crippen LogP contribution in [-0.2, 0) is 4.79 Å². The van der Waals surface area contributed by atoms with Crippen LogP contribution in [0.5, 0.6) is 5.75 Å². The van der Waals surface area contributed by atoms with Gasteiger partial charge in [-0.25, -0.2) is 0 Å². The third-order valence-corrected chi connectivity index (χ3v) is 2.59. The summed E-state index contributed by atoms with van der Waals surface area (Å²) in [5.41, 5.74) is 6.74. The van der Waals surface area contributed by atoms with Crippen molar-refractivity contribution in [2.45, 2.75) is 32.4 Å². The number of likely N-dealkylation sites (N-methyl/N-ethyl adjacent to an activating group) is 1. The Kier molecular flexibility index (Phi) is 5.63. The Labute approximate surface area is 114 Å². The van der Waals surface area contributed by atoms with E-state index in [4.69, 9.17) is 15.6 Å². The lowest BCUT2D eigenvalue weighted by Crippen LogP contribution is -2.36. The van der Waals surface area contributed by atoms with E-state index in [2.05, 4.69) is 0 Å². The summed E-state index contributed by atoms with van der Waals surface area (Å²) in [5.74, 6) is -0.0523. The molecule has 106 valence electrons. The summed E-state index contributed by atoms with van der Waals surface area (Å²) < 4.78 is 5.56. The molecule has 0 spiro atoms. The van der Waals surface area contributed by atoms with Crippen LogP contribution in [0, 0.1) is 0 Å². The van der Waals surface area contributed by atoms with Crippen molar-refractivity contribution < 1.29 is 14.6 Å². The molecule has 1 aromatic rings. The van der Waals surface area contributed by atoms with Crippen LogP contribution >= 0.6 is 0 Å². The molecule has 1 aromatic carbocycles. The molecule has 5 nitrogen and oxygen atoms in total. The maximum atomic E-state index is 10.6. The minimum absolute atomic E-state index is 0.0289. The van der Waals surface area contributed by atoms with Crippen LogP contribution in [0.2, 0.25) is 0 Å². The van der Waals surface area contributed by atoms with Gasteiger partial charge in [-0.1, -0.05) is 0 Å². The summed E-state index contributed by atoms with van der Waals surface area (Å²) in [6.45, 7) is 4.45. The lowest BCUT2D eigenvalue weighted by Gasteiger charge is -2.23. The summed E-state index contributed by atoms with van der Waals surface area (Å²) in [6, 6.07) is 7.29. The molecule has 0 amide bonds. The van der Waals surface area contributed by atoms with E-state index in [-0.39, 0.29) is 18.6 Å². The van der Waals surface area contributed by atoms with Gasteiger partial charge in [0.05, 0.1) is 12.5 Å². The molecule has 0 saturated heterocycles. The van der Waals surface area contributed by atoms with Gasteiger partial charge in [0.15, 0.2) is 0 Å². The fourth-order valence-corrected chi connectivity index (χ4v) is 1.80. The summed E-state index contributed by atoms with van der Waals surface area (Å²) in [5, 5.41) is 8.67. The van der Waals surface area contributed by atoms with Crippen molar-refractivity contribution in [2.75, 3.05) is 18.5 Å². The Morgan fingerprint density at radius 2 is 1.95 bits per heavy atom. The van der Waals surface area contributed by atoms with Crippen molar-refractivity contribution in [3.05, 3.63) is 24.3 Å². The maximum Gasteiger partial charge on any atom is 0.304 e. The Morgan fingerprint density at radius 3 is 2.42 bits per heavy atom. The number of ether oxygens (including phenoxy) is 1. The van der Waals surface area contributed by atoms with E-state index in [9.17, 15) is 4.79 Å². The highest BCUT2D eigenvalue weighted by Crippen LogP contribution is 2.19. The first-order chi connectivity index (χ1) is 8.88. The van der Waals surface area contributed by atoms with Gasteiger partial charge in [-0.2, -0.15) is 0 Å². The van der Waals surface area contributed by atoms with Gasteiger partial charge in [-0.05, 0) is 38.1 Å². The normalized spacial score (nSPS) is 12.3. The van der Waals surface area contributed by atoms with E-state index in [0.717, 1.165) is 11.4 Å². The van der Waals surface area contributed by atoms with Crippen LogP contribution in [0.4, 0.5) is 5.69 Å². The topological polar surface area (TPSA) is 75.8 Å². The van der Waals surface area contributed by atoms with Crippen molar-refractivity contribution in [2.24, 2.45) is 5.73 Å². The summed E-state index contributed by atoms with van der Waals surface area (Å²) in [7, 11) is 1.89. The Hall–Kier alpha value is -1.75. The molecule has 0 aromatic heterocycles. The van der Waals surface area contributed by atoms with Crippen molar-refractivity contribution >= 4 is 11.7 Å². The number of nitrogens with two attached hydrogens (primary N) is 1. The SMILES string of the molecule is CC(C)Oc1ccc(N(C)CC(N)CC(=O)O)cc1. The van der Waals surface area contributed by atoms with Gasteiger partial charge in [0.25, 0.3) is 0 Å². The van der Waals surface area contributed by atoms with Crippen molar-refractivity contribution in [1.82, 2.24) is 0 Å². The molecule has 0 bridgehead atoms. The largest absolute Gasteiger partial charge is 0.491 e. The Morgan fingerprint density at radius 1 is 1.37 bits per heavy atom. The van der Waals surface area contributed by atoms with Crippen LogP contribution in [-0.4, -0.2) is 36.8 Å². The zero-order valence-electron chi connectivity index (χ0n) is 11.7. The number of carboxylic acid groups (broad SMARTS) is 1. The summed E-state index contributed by atoms with van der Waals surface area (Å²) in [6.07, 6.45) is 0.117. The van der Waals surface area contributed by atoms with Crippen LogP contribution in [0.15, 0.2) is 24.3 Å². The molecule has 1 rings (SSSR count). The Balaban J connectivity index is 2.57. The Bertz CT molecular complexity index is 404. The molecule has 1 unspecified atom stereocenters. The molecule has 0 aliphatic carbocycles. The maximum absolute atomic E-state index is 10.6. The molecule has 0 aliphatic rings. The number of rotatable bonds is 7. The van der Waals surface area contributed by atoms with E-state index in [1.54, 1.807) is 0 Å². The zero-order valence-corrected chi connectivity index (χ0v) is 11.7. The second-order valence-corrected chi connectivity index (χ2v) is 4.90. The van der Waals surface area contributed by atoms with Crippen molar-refractivity contribution in [1.29, 1.82) is 0 Å². The van der Waals surface area contributed by atoms with Gasteiger partial charge >= 0.3 is 5.97 Å². The average molecular weight is 266 g/mol. The van der Waals surface area contributed by atoms with Crippen LogP contribution < -0.4 is 15.4 Å². The number of aliphatic carboxylic acids is 1. The van der Waals surface area contributed by atoms with E-state index in [0.29, 0.717) is 6.54 Å². The molecule has 0 saturated carbocycles. The van der Waals surface area contributed by atoms with Crippen LogP contribution in [0.3, 0.4) is 0 Å². The minimum Gasteiger partial charge on any atom is -0.491 e. The van der Waals surface area contributed by atoms with Gasteiger partial charge in [0.1, 0.15) is 5.75 Å². The molecule has 1 atom stereocenters. The molecule has 0 radical (unpaired) electrons. The molecule has 0 aliphatic heterocycles. The average Bonchev–Trinajstić information content (AvgIpc) is 2.27. The van der Waals surface area contributed by atoms with E-state index in [1.165, 1.54) is 0 Å². The summed E-state index contributed by atoms with van der Waals surface area (Å²) in [4.78, 5) is 12.5. The number of carboxylic acids is 1. The zero-order chi connectivity index (χ0) is 14.4. The third-order valence-electron chi connectivity index (χ3n) is 2.59. The third kappa shape index (κ3) is 5.61. The van der Waals surface area contributed by atoms with E-state index in [1.807, 2.05) is 50.1 Å². The number of benzene rings is 1. The van der Waals surface area contributed by atoms with E-state index < -0.39 is 5.97 Å². The van der Waals surface area contributed by atoms with Gasteiger partial charge in [-0.15, -0.1) is 0 Å². The van der Waals surface area contributed by atoms with Crippen molar-refractivity contribution in [3.63, 3.8) is 0 Å². The number of hydrogen-bond acceptors (Lipinski definition) is 4.